The molecule has 128 valence electrons. The molecule has 0 aliphatic heterocycles. The highest BCUT2D eigenvalue weighted by molar-refractivity contribution is 6.32. The molecule has 0 saturated carbocycles. The smallest absolute Gasteiger partial charge is 0.243 e. The van der Waals surface area contributed by atoms with Crippen molar-refractivity contribution in [3.8, 4) is 17.2 Å². The van der Waals surface area contributed by atoms with Crippen LogP contribution in [0.2, 0.25) is 5.02 Å². The molecule has 2 aromatic rings. The molecule has 0 fully saturated rings. The summed E-state index contributed by atoms with van der Waals surface area (Å²) in [7, 11) is 4.67. The van der Waals surface area contributed by atoms with E-state index < -0.39 is 0 Å². The molecule has 24 heavy (non-hydrogen) atoms. The highest BCUT2D eigenvalue weighted by Crippen LogP contribution is 2.29. The average Bonchev–Trinajstić information content (AvgIpc) is 2.59. The number of anilines is 2. The highest BCUT2D eigenvalue weighted by Gasteiger charge is 2.09. The second-order valence-corrected chi connectivity index (χ2v) is 5.22. The fourth-order valence-electron chi connectivity index (χ4n) is 2.08. The van der Waals surface area contributed by atoms with Crippen LogP contribution in [0.1, 0.15) is 0 Å². The molecular formula is C17H19ClN2O4. The van der Waals surface area contributed by atoms with Gasteiger partial charge in [-0.25, -0.2) is 0 Å². The van der Waals surface area contributed by atoms with Crippen molar-refractivity contribution >= 4 is 28.9 Å². The van der Waals surface area contributed by atoms with Crippen LogP contribution in [0.4, 0.5) is 11.4 Å². The molecule has 0 atom stereocenters. The molecule has 6 nitrogen and oxygen atoms in total. The topological polar surface area (TPSA) is 68.8 Å². The second kappa shape index (κ2) is 8.31. The number of hydrogen-bond donors (Lipinski definition) is 2. The van der Waals surface area contributed by atoms with Crippen LogP contribution in [0, 0.1) is 0 Å². The largest absolute Gasteiger partial charge is 0.497 e. The number of ether oxygens (including phenoxy) is 3. The first kappa shape index (κ1) is 17.7. The number of carbonyl (C=O) groups excluding carboxylic acids is 1. The summed E-state index contributed by atoms with van der Waals surface area (Å²) in [6.45, 7) is 0.0627. The average molecular weight is 351 g/mol. The van der Waals surface area contributed by atoms with Crippen LogP contribution in [0.3, 0.4) is 0 Å². The Morgan fingerprint density at radius 2 is 1.71 bits per heavy atom. The molecule has 0 aromatic heterocycles. The predicted octanol–water partition coefficient (Wildman–Crippen LogP) is 3.42. The maximum absolute atomic E-state index is 12.1. The Balaban J connectivity index is 1.99. The van der Waals surface area contributed by atoms with E-state index in [0.29, 0.717) is 33.6 Å². The monoisotopic (exact) mass is 350 g/mol. The number of nitrogens with one attached hydrogen (secondary N) is 2. The van der Waals surface area contributed by atoms with Gasteiger partial charge in [0.15, 0.2) is 0 Å². The Bertz CT molecular complexity index is 722. The summed E-state index contributed by atoms with van der Waals surface area (Å²) in [5.41, 5.74) is 1.25. The third-order valence-corrected chi connectivity index (χ3v) is 3.58. The molecule has 2 aromatic carbocycles. The summed E-state index contributed by atoms with van der Waals surface area (Å²) in [6.07, 6.45) is 0. The van der Waals surface area contributed by atoms with E-state index in [0.717, 1.165) is 0 Å². The van der Waals surface area contributed by atoms with Gasteiger partial charge in [0.2, 0.25) is 5.91 Å². The normalized spacial score (nSPS) is 10.0. The van der Waals surface area contributed by atoms with E-state index in [1.165, 1.54) is 7.11 Å². The number of halogens is 1. The van der Waals surface area contributed by atoms with Crippen LogP contribution < -0.4 is 24.8 Å². The summed E-state index contributed by atoms with van der Waals surface area (Å²) in [4.78, 5) is 12.1. The fraction of sp³-hybridized carbons (Fsp3) is 0.235. The molecule has 0 spiro atoms. The van der Waals surface area contributed by atoms with E-state index in [4.69, 9.17) is 25.8 Å². The first-order chi connectivity index (χ1) is 11.6. The second-order valence-electron chi connectivity index (χ2n) is 4.82. The van der Waals surface area contributed by atoms with E-state index in [-0.39, 0.29) is 12.5 Å². The Morgan fingerprint density at radius 3 is 2.33 bits per heavy atom. The number of benzene rings is 2. The van der Waals surface area contributed by atoms with Gasteiger partial charge in [-0.1, -0.05) is 11.6 Å². The van der Waals surface area contributed by atoms with Gasteiger partial charge in [-0.05, 0) is 30.3 Å². The van der Waals surface area contributed by atoms with E-state index in [2.05, 4.69) is 10.6 Å². The molecule has 0 heterocycles. The van der Waals surface area contributed by atoms with E-state index in [1.54, 1.807) is 50.6 Å². The lowest BCUT2D eigenvalue weighted by Crippen LogP contribution is -2.22. The van der Waals surface area contributed by atoms with Crippen molar-refractivity contribution in [2.24, 2.45) is 0 Å². The minimum absolute atomic E-state index is 0.0627. The number of methoxy groups -OCH3 is 3. The van der Waals surface area contributed by atoms with Crippen molar-refractivity contribution in [2.45, 2.75) is 0 Å². The van der Waals surface area contributed by atoms with Crippen molar-refractivity contribution in [2.75, 3.05) is 38.5 Å². The lowest BCUT2D eigenvalue weighted by atomic mass is 10.2. The van der Waals surface area contributed by atoms with Gasteiger partial charge in [0.05, 0.1) is 38.6 Å². The van der Waals surface area contributed by atoms with Gasteiger partial charge in [0.1, 0.15) is 17.2 Å². The third kappa shape index (κ3) is 4.45. The zero-order valence-corrected chi connectivity index (χ0v) is 14.4. The first-order valence-electron chi connectivity index (χ1n) is 7.16. The minimum Gasteiger partial charge on any atom is -0.497 e. The van der Waals surface area contributed by atoms with Crippen LogP contribution in [0.25, 0.3) is 0 Å². The molecule has 1 amide bonds. The van der Waals surface area contributed by atoms with Crippen LogP contribution in [-0.2, 0) is 4.79 Å². The van der Waals surface area contributed by atoms with Crippen LogP contribution in [0.15, 0.2) is 36.4 Å². The Labute approximate surface area is 145 Å². The quantitative estimate of drug-likeness (QED) is 0.800. The standard InChI is InChI=1S/C17H19ClN2O4/c1-22-12-5-7-16(24-3)14(9-12)19-10-17(21)20-11-4-6-15(23-2)13(18)8-11/h4-9,19H,10H2,1-3H3,(H,20,21). The SMILES string of the molecule is COc1ccc(OC)c(NCC(=O)Nc2ccc(OC)c(Cl)c2)c1. The van der Waals surface area contributed by atoms with Gasteiger partial charge in [-0.15, -0.1) is 0 Å². The molecule has 0 aliphatic rings. The zero-order chi connectivity index (χ0) is 17.5. The number of carbonyl (C=O) groups is 1. The lowest BCUT2D eigenvalue weighted by molar-refractivity contribution is -0.114. The molecular weight excluding hydrogens is 332 g/mol. The molecule has 0 radical (unpaired) electrons. The van der Waals surface area contributed by atoms with Gasteiger partial charge >= 0.3 is 0 Å². The molecule has 0 saturated heterocycles. The maximum Gasteiger partial charge on any atom is 0.243 e. The number of amides is 1. The molecule has 7 heteroatoms. The van der Waals surface area contributed by atoms with Crippen molar-refractivity contribution in [3.63, 3.8) is 0 Å². The van der Waals surface area contributed by atoms with Gasteiger partial charge < -0.3 is 24.8 Å². The van der Waals surface area contributed by atoms with E-state index >= 15 is 0 Å². The van der Waals surface area contributed by atoms with Crippen molar-refractivity contribution in [3.05, 3.63) is 41.4 Å². The van der Waals surface area contributed by atoms with Gasteiger partial charge in [0.25, 0.3) is 0 Å². The van der Waals surface area contributed by atoms with Crippen LogP contribution in [-0.4, -0.2) is 33.8 Å². The number of rotatable bonds is 7. The van der Waals surface area contributed by atoms with Crippen molar-refractivity contribution in [1.82, 2.24) is 0 Å². The molecule has 2 N–H and O–H groups in total. The Morgan fingerprint density at radius 1 is 1.00 bits per heavy atom. The van der Waals surface area contributed by atoms with Gasteiger partial charge in [0, 0.05) is 11.8 Å². The number of hydrogen-bond acceptors (Lipinski definition) is 5. The molecule has 0 unspecified atom stereocenters. The highest BCUT2D eigenvalue weighted by atomic mass is 35.5. The summed E-state index contributed by atoms with van der Waals surface area (Å²) in [6, 6.07) is 10.3. The lowest BCUT2D eigenvalue weighted by Gasteiger charge is -2.13. The third-order valence-electron chi connectivity index (χ3n) is 3.28. The Kier molecular flexibility index (Phi) is 6.14. The predicted molar refractivity (Wildman–Crippen MR) is 94.7 cm³/mol. The fourth-order valence-corrected chi connectivity index (χ4v) is 2.33. The van der Waals surface area contributed by atoms with Crippen molar-refractivity contribution in [1.29, 1.82) is 0 Å². The van der Waals surface area contributed by atoms with E-state index in [1.807, 2.05) is 0 Å². The summed E-state index contributed by atoms with van der Waals surface area (Å²) < 4.78 is 15.5. The minimum atomic E-state index is -0.221. The zero-order valence-electron chi connectivity index (χ0n) is 13.7. The van der Waals surface area contributed by atoms with Gasteiger partial charge in [-0.2, -0.15) is 0 Å². The van der Waals surface area contributed by atoms with Gasteiger partial charge in [-0.3, -0.25) is 4.79 Å². The summed E-state index contributed by atoms with van der Waals surface area (Å²) >= 11 is 6.04. The van der Waals surface area contributed by atoms with Crippen LogP contribution in [0.5, 0.6) is 17.2 Å². The molecule has 0 aliphatic carbocycles. The summed E-state index contributed by atoms with van der Waals surface area (Å²) in [5.74, 6) is 1.62. The Hall–Kier alpha value is -2.60. The first-order valence-corrected chi connectivity index (χ1v) is 7.54. The molecule has 0 bridgehead atoms. The summed E-state index contributed by atoms with van der Waals surface area (Å²) in [5, 5.41) is 6.21. The van der Waals surface area contributed by atoms with Crippen LogP contribution >= 0.6 is 11.6 Å². The van der Waals surface area contributed by atoms with Crippen molar-refractivity contribution < 1.29 is 19.0 Å². The maximum atomic E-state index is 12.1. The van der Waals surface area contributed by atoms with E-state index in [9.17, 15) is 4.79 Å². The molecule has 2 rings (SSSR count).